The molecule has 1 aromatic carbocycles. The van der Waals surface area contributed by atoms with Crippen molar-refractivity contribution in [3.05, 3.63) is 28.2 Å². The molecule has 1 unspecified atom stereocenters. The first-order chi connectivity index (χ1) is 7.95. The number of rotatable bonds is 5. The van der Waals surface area contributed by atoms with Gasteiger partial charge in [0, 0.05) is 5.92 Å². The van der Waals surface area contributed by atoms with E-state index in [2.05, 4.69) is 29.8 Å². The van der Waals surface area contributed by atoms with Crippen LogP contribution in [0, 0.1) is 11.8 Å². The lowest BCUT2D eigenvalue weighted by Crippen LogP contribution is -2.20. The van der Waals surface area contributed by atoms with Crippen molar-refractivity contribution in [1.82, 2.24) is 0 Å². The van der Waals surface area contributed by atoms with Gasteiger partial charge in [-0.15, -0.1) is 0 Å². The number of carbonyl (C=O) groups is 1. The van der Waals surface area contributed by atoms with Crippen molar-refractivity contribution in [2.24, 2.45) is 11.8 Å². The fourth-order valence-corrected chi connectivity index (χ4v) is 2.53. The molecule has 0 aliphatic heterocycles. The number of benzene rings is 1. The molecule has 0 saturated heterocycles. The van der Waals surface area contributed by atoms with E-state index in [9.17, 15) is 4.79 Å². The van der Waals surface area contributed by atoms with Crippen LogP contribution in [-0.2, 0) is 11.2 Å². The summed E-state index contributed by atoms with van der Waals surface area (Å²) in [6.07, 6.45) is 0.787. The fraction of sp³-hybridized carbons (Fsp3) is 0.500. The molecule has 0 amide bonds. The molecule has 3 heteroatoms. The summed E-state index contributed by atoms with van der Waals surface area (Å²) < 4.78 is 6.12. The third-order valence-electron chi connectivity index (χ3n) is 3.00. The van der Waals surface area contributed by atoms with Crippen molar-refractivity contribution in [2.45, 2.75) is 27.2 Å². The van der Waals surface area contributed by atoms with Crippen LogP contribution in [0.4, 0.5) is 0 Å². The number of hydrogen-bond donors (Lipinski definition) is 0. The smallest absolute Gasteiger partial charge is 0.133 e. The first-order valence-corrected chi connectivity index (χ1v) is 6.58. The Morgan fingerprint density at radius 1 is 1.41 bits per heavy atom. The summed E-state index contributed by atoms with van der Waals surface area (Å²) in [6, 6.07) is 5.97. The third-order valence-corrected chi connectivity index (χ3v) is 3.62. The van der Waals surface area contributed by atoms with Crippen LogP contribution < -0.4 is 4.74 Å². The SMILES string of the molecule is COc1ccc(CC(C(C)=O)C(C)C)cc1Br. The summed E-state index contributed by atoms with van der Waals surface area (Å²) in [5.74, 6) is 1.54. The molecule has 94 valence electrons. The fourth-order valence-electron chi connectivity index (χ4n) is 1.94. The van der Waals surface area contributed by atoms with Gasteiger partial charge in [-0.25, -0.2) is 0 Å². The molecule has 0 radical (unpaired) electrons. The van der Waals surface area contributed by atoms with Gasteiger partial charge in [0.1, 0.15) is 11.5 Å². The number of hydrogen-bond acceptors (Lipinski definition) is 2. The maximum Gasteiger partial charge on any atom is 0.133 e. The molecule has 0 aromatic heterocycles. The van der Waals surface area contributed by atoms with E-state index in [1.807, 2.05) is 18.2 Å². The van der Waals surface area contributed by atoms with Gasteiger partial charge in [-0.05, 0) is 52.9 Å². The second-order valence-electron chi connectivity index (χ2n) is 4.63. The molecule has 1 atom stereocenters. The minimum Gasteiger partial charge on any atom is -0.496 e. The van der Waals surface area contributed by atoms with E-state index in [-0.39, 0.29) is 11.7 Å². The van der Waals surface area contributed by atoms with Crippen LogP contribution in [0.1, 0.15) is 26.3 Å². The van der Waals surface area contributed by atoms with Crippen molar-refractivity contribution < 1.29 is 9.53 Å². The number of methoxy groups -OCH3 is 1. The average molecular weight is 299 g/mol. The van der Waals surface area contributed by atoms with Crippen LogP contribution in [-0.4, -0.2) is 12.9 Å². The summed E-state index contributed by atoms with van der Waals surface area (Å²) >= 11 is 3.46. The number of carbonyl (C=O) groups excluding carboxylic acids is 1. The van der Waals surface area contributed by atoms with Gasteiger partial charge < -0.3 is 4.74 Å². The Kier molecular flexibility index (Phi) is 5.19. The van der Waals surface area contributed by atoms with E-state index >= 15 is 0 Å². The Morgan fingerprint density at radius 2 is 2.06 bits per heavy atom. The minimum atomic E-state index is 0.0929. The number of ketones is 1. The van der Waals surface area contributed by atoms with E-state index in [0.29, 0.717) is 5.92 Å². The van der Waals surface area contributed by atoms with Gasteiger partial charge in [-0.1, -0.05) is 19.9 Å². The van der Waals surface area contributed by atoms with Crippen LogP contribution in [0.3, 0.4) is 0 Å². The van der Waals surface area contributed by atoms with Gasteiger partial charge in [0.05, 0.1) is 11.6 Å². The van der Waals surface area contributed by atoms with Gasteiger partial charge in [-0.3, -0.25) is 4.79 Å². The molecule has 0 N–H and O–H groups in total. The van der Waals surface area contributed by atoms with E-state index in [4.69, 9.17) is 4.74 Å². The summed E-state index contributed by atoms with van der Waals surface area (Å²) in [5.41, 5.74) is 1.16. The average Bonchev–Trinajstić information content (AvgIpc) is 2.25. The van der Waals surface area contributed by atoms with Crippen molar-refractivity contribution in [1.29, 1.82) is 0 Å². The molecule has 0 bridgehead atoms. The first kappa shape index (κ1) is 14.2. The van der Waals surface area contributed by atoms with Gasteiger partial charge in [0.25, 0.3) is 0 Å². The second kappa shape index (κ2) is 6.20. The summed E-state index contributed by atoms with van der Waals surface area (Å²) in [5, 5.41) is 0. The second-order valence-corrected chi connectivity index (χ2v) is 5.49. The highest BCUT2D eigenvalue weighted by Crippen LogP contribution is 2.27. The van der Waals surface area contributed by atoms with Crippen LogP contribution >= 0.6 is 15.9 Å². The van der Waals surface area contributed by atoms with E-state index in [0.717, 1.165) is 22.2 Å². The van der Waals surface area contributed by atoms with Crippen LogP contribution in [0.2, 0.25) is 0 Å². The first-order valence-electron chi connectivity index (χ1n) is 5.78. The van der Waals surface area contributed by atoms with E-state index in [1.54, 1.807) is 14.0 Å². The standard InChI is InChI=1S/C14H19BrO2/c1-9(2)12(10(3)16)7-11-5-6-14(17-4)13(15)8-11/h5-6,8-9,12H,7H2,1-4H3. The third kappa shape index (κ3) is 3.84. The predicted molar refractivity (Wildman–Crippen MR) is 73.4 cm³/mol. The Labute approximate surface area is 111 Å². The number of halogens is 1. The minimum absolute atomic E-state index is 0.0929. The number of ether oxygens (including phenoxy) is 1. The van der Waals surface area contributed by atoms with Crippen LogP contribution in [0.25, 0.3) is 0 Å². The molecule has 0 aliphatic carbocycles. The highest BCUT2D eigenvalue weighted by molar-refractivity contribution is 9.10. The largest absolute Gasteiger partial charge is 0.496 e. The van der Waals surface area contributed by atoms with Gasteiger partial charge in [0.2, 0.25) is 0 Å². The maximum absolute atomic E-state index is 11.6. The molecule has 1 aromatic rings. The molecule has 0 spiro atoms. The molecule has 1 rings (SSSR count). The monoisotopic (exact) mass is 298 g/mol. The zero-order chi connectivity index (χ0) is 13.0. The molecule has 0 aliphatic rings. The summed E-state index contributed by atoms with van der Waals surface area (Å²) in [4.78, 5) is 11.6. The van der Waals surface area contributed by atoms with Crippen molar-refractivity contribution >= 4 is 21.7 Å². The van der Waals surface area contributed by atoms with E-state index in [1.165, 1.54) is 0 Å². The Bertz CT molecular complexity index is 399. The lowest BCUT2D eigenvalue weighted by Gasteiger charge is -2.18. The van der Waals surface area contributed by atoms with Gasteiger partial charge in [-0.2, -0.15) is 0 Å². The van der Waals surface area contributed by atoms with E-state index < -0.39 is 0 Å². The molecule has 0 saturated carbocycles. The maximum atomic E-state index is 11.6. The zero-order valence-electron chi connectivity index (χ0n) is 10.8. The van der Waals surface area contributed by atoms with Gasteiger partial charge in [0.15, 0.2) is 0 Å². The topological polar surface area (TPSA) is 26.3 Å². The molecule has 0 heterocycles. The highest BCUT2D eigenvalue weighted by atomic mass is 79.9. The Hall–Kier alpha value is -0.830. The molecular formula is C14H19BrO2. The quantitative estimate of drug-likeness (QED) is 0.825. The molecule has 0 fully saturated rings. The zero-order valence-corrected chi connectivity index (χ0v) is 12.4. The molecular weight excluding hydrogens is 280 g/mol. The van der Waals surface area contributed by atoms with Crippen molar-refractivity contribution in [2.75, 3.05) is 7.11 Å². The molecule has 2 nitrogen and oxygen atoms in total. The van der Waals surface area contributed by atoms with Crippen molar-refractivity contribution in [3.63, 3.8) is 0 Å². The Morgan fingerprint density at radius 3 is 2.47 bits per heavy atom. The summed E-state index contributed by atoms with van der Waals surface area (Å²) in [7, 11) is 1.65. The number of Topliss-reactive ketones (excluding diaryl/α,β-unsaturated/α-hetero) is 1. The summed E-state index contributed by atoms with van der Waals surface area (Å²) in [6.45, 7) is 5.85. The lowest BCUT2D eigenvalue weighted by atomic mass is 9.86. The van der Waals surface area contributed by atoms with Crippen LogP contribution in [0.5, 0.6) is 5.75 Å². The predicted octanol–water partition coefficient (Wildman–Crippen LogP) is 3.86. The normalized spacial score (nSPS) is 12.6. The molecule has 17 heavy (non-hydrogen) atoms. The Balaban J connectivity index is 2.87. The lowest BCUT2D eigenvalue weighted by molar-refractivity contribution is -0.121. The van der Waals surface area contributed by atoms with Crippen LogP contribution in [0.15, 0.2) is 22.7 Å². The van der Waals surface area contributed by atoms with Gasteiger partial charge >= 0.3 is 0 Å². The van der Waals surface area contributed by atoms with Crippen molar-refractivity contribution in [3.8, 4) is 5.75 Å². The highest BCUT2D eigenvalue weighted by Gasteiger charge is 2.19.